The molecule has 2 aliphatic rings. The van der Waals surface area contributed by atoms with Gasteiger partial charge in [-0.1, -0.05) is 0 Å². The van der Waals surface area contributed by atoms with Gasteiger partial charge in [0.25, 0.3) is 0 Å². The number of ether oxygens (including phenoxy) is 1. The summed E-state index contributed by atoms with van der Waals surface area (Å²) in [6.45, 7) is 1.46. The molecule has 0 bridgehead atoms. The van der Waals surface area contributed by atoms with Gasteiger partial charge in [-0.25, -0.2) is 0 Å². The minimum atomic E-state index is 0.356. The minimum Gasteiger partial charge on any atom is -0.481 e. The van der Waals surface area contributed by atoms with Crippen LogP contribution in [0.25, 0.3) is 0 Å². The van der Waals surface area contributed by atoms with Crippen LogP contribution in [0.2, 0.25) is 0 Å². The molecule has 48 valence electrons. The molecule has 1 atom stereocenters. The minimum absolute atomic E-state index is 0.356. The summed E-state index contributed by atoms with van der Waals surface area (Å²) in [5, 5.41) is 3.15. The van der Waals surface area contributed by atoms with Gasteiger partial charge in [0.15, 0.2) is 0 Å². The number of aliphatic imine (C=N–C) groups is 1. The third kappa shape index (κ3) is 0.733. The molecule has 0 aromatic rings. The molecule has 0 aromatic carbocycles. The van der Waals surface area contributed by atoms with Gasteiger partial charge in [0, 0.05) is 6.21 Å². The summed E-state index contributed by atoms with van der Waals surface area (Å²) in [5.41, 5.74) is 0. The highest BCUT2D eigenvalue weighted by molar-refractivity contribution is 5.73. The van der Waals surface area contributed by atoms with Crippen LogP contribution in [-0.4, -0.2) is 25.5 Å². The molecule has 2 rings (SSSR count). The van der Waals surface area contributed by atoms with Gasteiger partial charge in [-0.3, -0.25) is 10.3 Å². The predicted molar refractivity (Wildman–Crippen MR) is 34.3 cm³/mol. The van der Waals surface area contributed by atoms with Crippen LogP contribution in [0, 0.1) is 0 Å². The first-order chi connectivity index (χ1) is 4.47. The Morgan fingerprint density at radius 1 is 1.78 bits per heavy atom. The number of hydrogen-bond donors (Lipinski definition) is 1. The Hall–Kier alpha value is -0.830. The Bertz CT molecular complexity index is 174. The van der Waals surface area contributed by atoms with Crippen LogP contribution < -0.4 is 5.32 Å². The van der Waals surface area contributed by atoms with E-state index < -0.39 is 0 Å². The van der Waals surface area contributed by atoms with Gasteiger partial charge >= 0.3 is 0 Å². The molecule has 0 aromatic heterocycles. The molecule has 0 spiro atoms. The number of allylic oxidation sites excluding steroid dienone is 1. The van der Waals surface area contributed by atoms with Gasteiger partial charge in [0.1, 0.15) is 12.5 Å². The largest absolute Gasteiger partial charge is 0.481 e. The third-order valence-electron chi connectivity index (χ3n) is 1.54. The number of hydrogen-bond acceptors (Lipinski definition) is 3. The van der Waals surface area contributed by atoms with Gasteiger partial charge < -0.3 is 4.74 Å². The van der Waals surface area contributed by atoms with Gasteiger partial charge in [-0.05, 0) is 6.08 Å². The van der Waals surface area contributed by atoms with Crippen molar-refractivity contribution >= 4 is 6.21 Å². The smallest absolute Gasteiger partial charge is 0.139 e. The molecule has 3 heteroatoms. The Morgan fingerprint density at radius 3 is 3.67 bits per heavy atom. The molecule has 2 heterocycles. The van der Waals surface area contributed by atoms with E-state index in [2.05, 4.69) is 10.3 Å². The lowest BCUT2D eigenvalue weighted by Gasteiger charge is -2.08. The maximum absolute atomic E-state index is 5.22. The van der Waals surface area contributed by atoms with Crippen LogP contribution in [-0.2, 0) is 4.74 Å². The highest BCUT2D eigenvalue weighted by Crippen LogP contribution is 2.12. The molecular formula is C6H8N2O. The Kier molecular flexibility index (Phi) is 1.02. The fourth-order valence-electron chi connectivity index (χ4n) is 1.04. The molecule has 1 saturated heterocycles. The summed E-state index contributed by atoms with van der Waals surface area (Å²) in [6.07, 6.45) is 3.70. The highest BCUT2D eigenvalue weighted by atomic mass is 16.5. The first kappa shape index (κ1) is 4.99. The fourth-order valence-corrected chi connectivity index (χ4v) is 1.04. The third-order valence-corrected chi connectivity index (χ3v) is 1.54. The highest BCUT2D eigenvalue weighted by Gasteiger charge is 2.21. The maximum Gasteiger partial charge on any atom is 0.139 e. The van der Waals surface area contributed by atoms with Gasteiger partial charge in [0.2, 0.25) is 0 Å². The van der Waals surface area contributed by atoms with Crippen molar-refractivity contribution in [2.24, 2.45) is 4.99 Å². The van der Waals surface area contributed by atoms with Crippen molar-refractivity contribution < 1.29 is 4.74 Å². The average molecular weight is 124 g/mol. The quantitative estimate of drug-likeness (QED) is 0.489. The monoisotopic (exact) mass is 124 g/mol. The van der Waals surface area contributed by atoms with Crippen molar-refractivity contribution in [3.8, 4) is 0 Å². The van der Waals surface area contributed by atoms with Crippen LogP contribution >= 0.6 is 0 Å². The van der Waals surface area contributed by atoms with Crippen molar-refractivity contribution in [1.82, 2.24) is 5.32 Å². The lowest BCUT2D eigenvalue weighted by Crippen LogP contribution is -2.27. The second-order valence-electron chi connectivity index (χ2n) is 2.13. The van der Waals surface area contributed by atoms with Crippen LogP contribution in [0.15, 0.2) is 16.8 Å². The number of nitrogens with zero attached hydrogens (tertiary/aromatic N) is 1. The molecule has 9 heavy (non-hydrogen) atoms. The van der Waals surface area contributed by atoms with Crippen molar-refractivity contribution in [3.05, 3.63) is 11.8 Å². The number of rotatable bonds is 0. The van der Waals surface area contributed by atoms with Crippen molar-refractivity contribution in [3.63, 3.8) is 0 Å². The van der Waals surface area contributed by atoms with E-state index in [4.69, 9.17) is 4.74 Å². The normalized spacial score (nSPS) is 31.1. The van der Waals surface area contributed by atoms with E-state index in [0.717, 1.165) is 12.3 Å². The molecular weight excluding hydrogens is 116 g/mol. The molecule has 1 unspecified atom stereocenters. The summed E-state index contributed by atoms with van der Waals surface area (Å²) in [7, 11) is 0. The molecule has 3 nitrogen and oxygen atoms in total. The number of fused-ring (bicyclic) bond motifs is 1. The first-order valence-corrected chi connectivity index (χ1v) is 3.03. The molecule has 0 radical (unpaired) electrons. The summed E-state index contributed by atoms with van der Waals surface area (Å²) in [5.74, 6) is 1.03. The van der Waals surface area contributed by atoms with E-state index in [-0.39, 0.29) is 0 Å². The Labute approximate surface area is 53.4 Å². The lowest BCUT2D eigenvalue weighted by atomic mass is 10.2. The van der Waals surface area contributed by atoms with E-state index in [0.29, 0.717) is 12.8 Å². The zero-order valence-electron chi connectivity index (χ0n) is 5.00. The van der Waals surface area contributed by atoms with Crippen LogP contribution in [0.3, 0.4) is 0 Å². The summed E-state index contributed by atoms with van der Waals surface area (Å²) in [4.78, 5) is 4.08. The lowest BCUT2D eigenvalue weighted by molar-refractivity contribution is 0.253. The van der Waals surface area contributed by atoms with Crippen molar-refractivity contribution in [1.29, 1.82) is 0 Å². The van der Waals surface area contributed by atoms with E-state index >= 15 is 0 Å². The summed E-state index contributed by atoms with van der Waals surface area (Å²) < 4.78 is 5.22. The van der Waals surface area contributed by atoms with E-state index in [1.165, 1.54) is 0 Å². The van der Waals surface area contributed by atoms with Crippen LogP contribution in [0.1, 0.15) is 0 Å². The van der Waals surface area contributed by atoms with Crippen LogP contribution in [0.5, 0.6) is 0 Å². The number of dihydropyridines is 1. The predicted octanol–water partition coefficient (Wildman–Crippen LogP) is -0.0994. The molecule has 0 saturated carbocycles. The van der Waals surface area contributed by atoms with Crippen LogP contribution in [0.4, 0.5) is 0 Å². The zero-order chi connectivity index (χ0) is 6.10. The summed E-state index contributed by atoms with van der Waals surface area (Å²) >= 11 is 0. The van der Waals surface area contributed by atoms with Gasteiger partial charge in [-0.15, -0.1) is 0 Å². The van der Waals surface area contributed by atoms with E-state index in [1.807, 2.05) is 6.08 Å². The maximum atomic E-state index is 5.22. The van der Waals surface area contributed by atoms with Crippen molar-refractivity contribution in [2.75, 3.05) is 13.3 Å². The van der Waals surface area contributed by atoms with E-state index in [1.54, 1.807) is 6.21 Å². The van der Waals surface area contributed by atoms with Gasteiger partial charge in [-0.2, -0.15) is 0 Å². The molecule has 0 aliphatic carbocycles. The molecule has 1 fully saturated rings. The fraction of sp³-hybridized carbons (Fsp3) is 0.500. The topological polar surface area (TPSA) is 33.6 Å². The standard InChI is InChI=1S/C6H8N2O/c1-2-7-3-5-6(1)9-4-8-5/h1-2,5,8H,3-4H2. The number of nitrogens with one attached hydrogen (secondary N) is 1. The molecule has 2 aliphatic heterocycles. The second kappa shape index (κ2) is 1.84. The van der Waals surface area contributed by atoms with Crippen molar-refractivity contribution in [2.45, 2.75) is 6.04 Å². The molecule has 1 N–H and O–H groups in total. The SMILES string of the molecule is C1=NCC2NCOC2=C1. The zero-order valence-corrected chi connectivity index (χ0v) is 5.00. The summed E-state index contributed by atoms with van der Waals surface area (Å²) in [6, 6.07) is 0.356. The Balaban J connectivity index is 2.23. The van der Waals surface area contributed by atoms with E-state index in [9.17, 15) is 0 Å². The molecule has 0 amide bonds. The average Bonchev–Trinajstić information content (AvgIpc) is 2.33. The van der Waals surface area contributed by atoms with Gasteiger partial charge in [0.05, 0.1) is 12.6 Å². The Morgan fingerprint density at radius 2 is 2.78 bits per heavy atom. The first-order valence-electron chi connectivity index (χ1n) is 3.03. The second-order valence-corrected chi connectivity index (χ2v) is 2.13.